The van der Waals surface area contributed by atoms with Crippen LogP contribution in [-0.2, 0) is 0 Å². The van der Waals surface area contributed by atoms with Crippen molar-refractivity contribution in [2.45, 2.75) is 17.8 Å². The van der Waals surface area contributed by atoms with Crippen LogP contribution in [0.3, 0.4) is 0 Å². The molecule has 56 valence electrons. The van der Waals surface area contributed by atoms with Gasteiger partial charge in [-0.05, 0) is 11.8 Å². The molecule has 0 saturated heterocycles. The molecular weight excluding hydrogens is 235 g/mol. The van der Waals surface area contributed by atoms with Crippen LogP contribution in [0.15, 0.2) is 24.3 Å². The van der Waals surface area contributed by atoms with E-state index in [0.717, 1.165) is 11.8 Å². The zero-order valence-corrected chi connectivity index (χ0v) is 8.58. The van der Waals surface area contributed by atoms with Crippen LogP contribution in [0.25, 0.3) is 0 Å². The number of alkyl halides is 1. The van der Waals surface area contributed by atoms with Crippen molar-refractivity contribution in [1.29, 1.82) is 0 Å². The minimum atomic E-state index is 0.697. The molecule has 0 saturated carbocycles. The van der Waals surface area contributed by atoms with Crippen LogP contribution < -0.4 is 0 Å². The average Bonchev–Trinajstić information content (AvgIpc) is 1.88. The first kappa shape index (κ1) is 8.31. The van der Waals surface area contributed by atoms with E-state index in [2.05, 4.69) is 60.7 Å². The summed E-state index contributed by atoms with van der Waals surface area (Å²) in [6.07, 6.45) is 8.86. The van der Waals surface area contributed by atoms with E-state index in [0.29, 0.717) is 3.92 Å². The Labute approximate surface area is 76.5 Å². The second kappa shape index (κ2) is 3.56. The summed E-state index contributed by atoms with van der Waals surface area (Å²) >= 11 is 2.50. The van der Waals surface area contributed by atoms with E-state index in [9.17, 15) is 0 Å². The molecule has 1 rings (SSSR count). The molecule has 0 aromatic carbocycles. The van der Waals surface area contributed by atoms with E-state index < -0.39 is 0 Å². The maximum atomic E-state index is 2.50. The molecule has 10 heavy (non-hydrogen) atoms. The SMILES string of the molecule is CC(C)C1C=CC=C[C@@H]1I. The first-order chi connectivity index (χ1) is 4.72. The van der Waals surface area contributed by atoms with E-state index in [1.807, 2.05) is 0 Å². The molecule has 0 nitrogen and oxygen atoms in total. The monoisotopic (exact) mass is 248 g/mol. The Morgan fingerprint density at radius 2 is 1.80 bits per heavy atom. The van der Waals surface area contributed by atoms with E-state index in [4.69, 9.17) is 0 Å². The highest BCUT2D eigenvalue weighted by Crippen LogP contribution is 2.26. The fourth-order valence-electron chi connectivity index (χ4n) is 1.19. The zero-order chi connectivity index (χ0) is 7.56. The lowest BCUT2D eigenvalue weighted by Crippen LogP contribution is -2.17. The smallest absolute Gasteiger partial charge is 0.0357 e. The molecule has 0 spiro atoms. The van der Waals surface area contributed by atoms with Gasteiger partial charge in [-0.3, -0.25) is 0 Å². The standard InChI is InChI=1S/C9H13I/c1-7(2)8-5-3-4-6-9(8)10/h3-9H,1-2H3/t8?,9-/m0/s1. The van der Waals surface area contributed by atoms with Gasteiger partial charge in [-0.25, -0.2) is 0 Å². The fraction of sp³-hybridized carbons (Fsp3) is 0.556. The maximum absolute atomic E-state index is 2.50. The van der Waals surface area contributed by atoms with Crippen LogP contribution in [0.5, 0.6) is 0 Å². The van der Waals surface area contributed by atoms with Gasteiger partial charge in [0.05, 0.1) is 0 Å². The Morgan fingerprint density at radius 3 is 2.20 bits per heavy atom. The van der Waals surface area contributed by atoms with Crippen LogP contribution >= 0.6 is 22.6 Å². The van der Waals surface area contributed by atoms with E-state index in [-0.39, 0.29) is 0 Å². The molecule has 0 bridgehead atoms. The van der Waals surface area contributed by atoms with Crippen LogP contribution in [0.2, 0.25) is 0 Å². The average molecular weight is 248 g/mol. The van der Waals surface area contributed by atoms with Crippen molar-refractivity contribution >= 4 is 22.6 Å². The van der Waals surface area contributed by atoms with Crippen molar-refractivity contribution in [2.24, 2.45) is 11.8 Å². The Bertz CT molecular complexity index is 156. The molecular formula is C9H13I. The summed E-state index contributed by atoms with van der Waals surface area (Å²) in [7, 11) is 0. The van der Waals surface area contributed by atoms with Crippen LogP contribution in [-0.4, -0.2) is 3.92 Å². The van der Waals surface area contributed by atoms with Gasteiger partial charge in [0.15, 0.2) is 0 Å². The lowest BCUT2D eigenvalue weighted by Gasteiger charge is -2.22. The summed E-state index contributed by atoms with van der Waals surface area (Å²) in [5.41, 5.74) is 0. The number of rotatable bonds is 1. The minimum absolute atomic E-state index is 0.697. The molecule has 0 radical (unpaired) electrons. The van der Waals surface area contributed by atoms with Gasteiger partial charge in [0.2, 0.25) is 0 Å². The third kappa shape index (κ3) is 1.84. The van der Waals surface area contributed by atoms with Gasteiger partial charge in [0.25, 0.3) is 0 Å². The van der Waals surface area contributed by atoms with Crippen molar-refractivity contribution in [3.8, 4) is 0 Å². The molecule has 0 heterocycles. The predicted octanol–water partition coefficient (Wildman–Crippen LogP) is 3.19. The summed E-state index contributed by atoms with van der Waals surface area (Å²) < 4.78 is 0.697. The van der Waals surface area contributed by atoms with Gasteiger partial charge in [0.1, 0.15) is 0 Å². The minimum Gasteiger partial charge on any atom is -0.0798 e. The summed E-state index contributed by atoms with van der Waals surface area (Å²) in [6, 6.07) is 0. The first-order valence-electron chi connectivity index (χ1n) is 3.71. The Balaban J connectivity index is 2.61. The second-order valence-corrected chi connectivity index (χ2v) is 4.47. The van der Waals surface area contributed by atoms with Gasteiger partial charge in [-0.1, -0.05) is 60.7 Å². The van der Waals surface area contributed by atoms with Crippen molar-refractivity contribution in [1.82, 2.24) is 0 Å². The Morgan fingerprint density at radius 1 is 1.20 bits per heavy atom. The number of hydrogen-bond acceptors (Lipinski definition) is 0. The molecule has 0 aromatic heterocycles. The molecule has 2 atom stereocenters. The third-order valence-corrected chi connectivity index (χ3v) is 3.12. The van der Waals surface area contributed by atoms with E-state index in [1.165, 1.54) is 0 Å². The Kier molecular flexibility index (Phi) is 2.96. The third-order valence-electron chi connectivity index (χ3n) is 1.88. The number of hydrogen-bond donors (Lipinski definition) is 0. The molecule has 0 fully saturated rings. The Hall–Kier alpha value is 0.210. The summed E-state index contributed by atoms with van der Waals surface area (Å²) in [4.78, 5) is 0. The topological polar surface area (TPSA) is 0 Å². The van der Waals surface area contributed by atoms with Gasteiger partial charge in [0, 0.05) is 3.92 Å². The number of allylic oxidation sites excluding steroid dienone is 4. The molecule has 0 aliphatic heterocycles. The van der Waals surface area contributed by atoms with Crippen molar-refractivity contribution in [2.75, 3.05) is 0 Å². The molecule has 1 unspecified atom stereocenters. The van der Waals surface area contributed by atoms with Gasteiger partial charge in [-0.2, -0.15) is 0 Å². The van der Waals surface area contributed by atoms with Crippen molar-refractivity contribution in [3.63, 3.8) is 0 Å². The highest BCUT2D eigenvalue weighted by Gasteiger charge is 2.18. The quantitative estimate of drug-likeness (QED) is 0.493. The molecule has 1 aliphatic carbocycles. The highest BCUT2D eigenvalue weighted by atomic mass is 127. The molecule has 1 heteroatoms. The number of halogens is 1. The van der Waals surface area contributed by atoms with E-state index in [1.54, 1.807) is 0 Å². The lowest BCUT2D eigenvalue weighted by molar-refractivity contribution is 0.484. The summed E-state index contributed by atoms with van der Waals surface area (Å²) in [6.45, 7) is 4.56. The molecule has 0 N–H and O–H groups in total. The first-order valence-corrected chi connectivity index (χ1v) is 4.95. The molecule has 1 aliphatic rings. The summed E-state index contributed by atoms with van der Waals surface area (Å²) in [5.74, 6) is 1.51. The summed E-state index contributed by atoms with van der Waals surface area (Å²) in [5, 5.41) is 0. The molecule has 0 amide bonds. The second-order valence-electron chi connectivity index (χ2n) is 3.04. The highest BCUT2D eigenvalue weighted by molar-refractivity contribution is 14.1. The van der Waals surface area contributed by atoms with E-state index >= 15 is 0 Å². The van der Waals surface area contributed by atoms with Crippen molar-refractivity contribution < 1.29 is 0 Å². The normalized spacial score (nSPS) is 31.6. The largest absolute Gasteiger partial charge is 0.0798 e. The predicted molar refractivity (Wildman–Crippen MR) is 54.4 cm³/mol. The maximum Gasteiger partial charge on any atom is 0.0357 e. The van der Waals surface area contributed by atoms with Gasteiger partial charge in [-0.15, -0.1) is 0 Å². The zero-order valence-electron chi connectivity index (χ0n) is 6.42. The van der Waals surface area contributed by atoms with Gasteiger partial charge < -0.3 is 0 Å². The lowest BCUT2D eigenvalue weighted by atomic mass is 9.90. The van der Waals surface area contributed by atoms with Crippen LogP contribution in [0.1, 0.15) is 13.8 Å². The fourth-order valence-corrected chi connectivity index (χ4v) is 2.50. The van der Waals surface area contributed by atoms with Gasteiger partial charge >= 0.3 is 0 Å². The molecule has 0 aromatic rings. The van der Waals surface area contributed by atoms with Crippen molar-refractivity contribution in [3.05, 3.63) is 24.3 Å². The van der Waals surface area contributed by atoms with Crippen LogP contribution in [0.4, 0.5) is 0 Å². The van der Waals surface area contributed by atoms with Crippen LogP contribution in [0, 0.1) is 11.8 Å².